The molecule has 220 valence electrons. The number of nitrogens with zero attached hydrogens (tertiary/aromatic N) is 4. The number of imidazole rings is 1. The number of hydrogen-bond acceptors (Lipinski definition) is 9. The number of nitrogens with one attached hydrogen (secondary N) is 1. The van der Waals surface area contributed by atoms with Crippen molar-refractivity contribution in [1.82, 2.24) is 25.0 Å². The van der Waals surface area contributed by atoms with E-state index in [9.17, 15) is 8.42 Å². The van der Waals surface area contributed by atoms with Gasteiger partial charge in [-0.3, -0.25) is 4.98 Å². The summed E-state index contributed by atoms with van der Waals surface area (Å²) in [6, 6.07) is 13.5. The molecule has 0 bridgehead atoms. The van der Waals surface area contributed by atoms with Gasteiger partial charge in [-0.25, -0.2) is 13.4 Å². The van der Waals surface area contributed by atoms with Crippen LogP contribution in [0.15, 0.2) is 65.6 Å². The standard InChI is InChI=1S/C31H35N5O5S/c1-23(40-30-5-3-4-17-39-30)31-33-14-16-36(31)22-28-19-29(41-35-28)26-11-8-24(9-12-26)6-7-25-10-13-27(34-20-25)21-32-15-18-42(2,37)38/h8-14,16,19-20,23,30,32H,3-5,15,17-18,21-22H2,1-2H3. The molecule has 4 heterocycles. The van der Waals surface area contributed by atoms with Gasteiger partial charge in [-0.1, -0.05) is 17.0 Å². The van der Waals surface area contributed by atoms with Crippen molar-refractivity contribution in [3.05, 3.63) is 89.4 Å². The van der Waals surface area contributed by atoms with Crippen molar-refractivity contribution in [2.24, 2.45) is 0 Å². The van der Waals surface area contributed by atoms with Gasteiger partial charge in [0, 0.05) is 67.3 Å². The van der Waals surface area contributed by atoms with E-state index in [-0.39, 0.29) is 18.1 Å². The topological polar surface area (TPSA) is 121 Å². The minimum absolute atomic E-state index is 0.102. The normalized spacial score (nSPS) is 16.1. The van der Waals surface area contributed by atoms with Gasteiger partial charge in [0.25, 0.3) is 0 Å². The molecular formula is C31H35N5O5S. The van der Waals surface area contributed by atoms with Crippen molar-refractivity contribution in [3.63, 3.8) is 0 Å². The molecule has 1 aromatic carbocycles. The molecule has 3 aromatic heterocycles. The Balaban J connectivity index is 1.15. The van der Waals surface area contributed by atoms with E-state index in [0.717, 1.165) is 59.8 Å². The molecule has 10 nitrogen and oxygen atoms in total. The molecule has 4 aromatic rings. The maximum atomic E-state index is 11.2. The highest BCUT2D eigenvalue weighted by Crippen LogP contribution is 2.25. The van der Waals surface area contributed by atoms with E-state index in [1.807, 2.05) is 60.2 Å². The van der Waals surface area contributed by atoms with Crippen LogP contribution < -0.4 is 5.32 Å². The Labute approximate surface area is 246 Å². The van der Waals surface area contributed by atoms with E-state index >= 15 is 0 Å². The second kappa shape index (κ2) is 13.9. The van der Waals surface area contributed by atoms with E-state index in [1.165, 1.54) is 6.26 Å². The van der Waals surface area contributed by atoms with Crippen LogP contribution in [0.3, 0.4) is 0 Å². The zero-order valence-corrected chi connectivity index (χ0v) is 24.6. The average molecular weight is 590 g/mol. The Bertz CT molecular complexity index is 1610. The van der Waals surface area contributed by atoms with Crippen LogP contribution in [0.1, 0.15) is 60.6 Å². The molecular weight excluding hydrogens is 554 g/mol. The highest BCUT2D eigenvalue weighted by atomic mass is 32.2. The first-order chi connectivity index (χ1) is 20.3. The molecule has 0 amide bonds. The SMILES string of the molecule is CC(OC1CCCCO1)c1nccn1Cc1cc(-c2ccc(C#Cc3ccc(CNCCS(C)(=O)=O)nc3)cc2)on1. The number of benzene rings is 1. The summed E-state index contributed by atoms with van der Waals surface area (Å²) in [4.78, 5) is 8.90. The number of sulfone groups is 1. The highest BCUT2D eigenvalue weighted by molar-refractivity contribution is 7.90. The molecule has 2 atom stereocenters. The first kappa shape index (κ1) is 29.7. The summed E-state index contributed by atoms with van der Waals surface area (Å²) >= 11 is 0. The smallest absolute Gasteiger partial charge is 0.167 e. The largest absolute Gasteiger partial charge is 0.356 e. The zero-order valence-electron chi connectivity index (χ0n) is 23.8. The lowest BCUT2D eigenvalue weighted by molar-refractivity contribution is -0.188. The van der Waals surface area contributed by atoms with E-state index < -0.39 is 9.84 Å². The summed E-state index contributed by atoms with van der Waals surface area (Å²) in [7, 11) is -2.97. The predicted octanol–water partition coefficient (Wildman–Crippen LogP) is 4.12. The van der Waals surface area contributed by atoms with Crippen LogP contribution in [-0.4, -0.2) is 59.6 Å². The second-order valence-electron chi connectivity index (χ2n) is 10.3. The van der Waals surface area contributed by atoms with Crippen LogP contribution in [0.5, 0.6) is 0 Å². The summed E-state index contributed by atoms with van der Waals surface area (Å²) in [5.41, 5.74) is 4.18. The minimum Gasteiger partial charge on any atom is -0.356 e. The molecule has 0 saturated carbocycles. The first-order valence-corrected chi connectivity index (χ1v) is 16.1. The van der Waals surface area contributed by atoms with E-state index in [0.29, 0.717) is 25.4 Å². The molecule has 1 aliphatic rings. The van der Waals surface area contributed by atoms with Gasteiger partial charge in [0.15, 0.2) is 12.1 Å². The fourth-order valence-electron chi connectivity index (χ4n) is 4.56. The van der Waals surface area contributed by atoms with Gasteiger partial charge >= 0.3 is 0 Å². The third kappa shape index (κ3) is 8.59. The molecule has 11 heteroatoms. The summed E-state index contributed by atoms with van der Waals surface area (Å²) in [5, 5.41) is 7.35. The Morgan fingerprint density at radius 1 is 1.10 bits per heavy atom. The lowest BCUT2D eigenvalue weighted by Gasteiger charge is -2.26. The molecule has 0 aliphatic carbocycles. The van der Waals surface area contributed by atoms with E-state index in [4.69, 9.17) is 14.0 Å². The fraction of sp³-hybridized carbons (Fsp3) is 0.387. The van der Waals surface area contributed by atoms with Crippen LogP contribution in [0, 0.1) is 11.8 Å². The number of pyridine rings is 1. The first-order valence-electron chi connectivity index (χ1n) is 14.0. The zero-order chi connectivity index (χ0) is 29.4. The van der Waals surface area contributed by atoms with Crippen molar-refractivity contribution in [2.45, 2.75) is 51.7 Å². The molecule has 1 saturated heterocycles. The van der Waals surface area contributed by atoms with Crippen LogP contribution >= 0.6 is 0 Å². The Kier molecular flexibility index (Phi) is 9.81. The molecule has 5 rings (SSSR count). The van der Waals surface area contributed by atoms with Crippen molar-refractivity contribution < 1.29 is 22.4 Å². The van der Waals surface area contributed by atoms with Gasteiger partial charge in [0.2, 0.25) is 0 Å². The predicted molar refractivity (Wildman–Crippen MR) is 158 cm³/mol. The lowest BCUT2D eigenvalue weighted by atomic mass is 10.1. The quantitative estimate of drug-likeness (QED) is 0.203. The number of aromatic nitrogens is 4. The molecule has 0 radical (unpaired) electrons. The molecule has 1 fully saturated rings. The van der Waals surface area contributed by atoms with E-state index in [1.54, 1.807) is 12.4 Å². The van der Waals surface area contributed by atoms with Crippen LogP contribution in [0.4, 0.5) is 0 Å². The van der Waals surface area contributed by atoms with Gasteiger partial charge in [-0.15, -0.1) is 0 Å². The average Bonchev–Trinajstić information content (AvgIpc) is 3.65. The van der Waals surface area contributed by atoms with Gasteiger partial charge in [0.1, 0.15) is 27.5 Å². The van der Waals surface area contributed by atoms with Crippen molar-refractivity contribution in [2.75, 3.05) is 25.2 Å². The van der Waals surface area contributed by atoms with Crippen molar-refractivity contribution in [3.8, 4) is 23.2 Å². The molecule has 2 unspecified atom stereocenters. The van der Waals surface area contributed by atoms with Crippen molar-refractivity contribution in [1.29, 1.82) is 0 Å². The third-order valence-electron chi connectivity index (χ3n) is 6.80. The fourth-order valence-corrected chi connectivity index (χ4v) is 5.07. The maximum absolute atomic E-state index is 11.2. The van der Waals surface area contributed by atoms with Crippen LogP contribution in [0.2, 0.25) is 0 Å². The Morgan fingerprint density at radius 2 is 1.90 bits per heavy atom. The van der Waals surface area contributed by atoms with Crippen LogP contribution in [0.25, 0.3) is 11.3 Å². The van der Waals surface area contributed by atoms with Crippen molar-refractivity contribution >= 4 is 9.84 Å². The second-order valence-corrected chi connectivity index (χ2v) is 12.6. The number of hydrogen-bond donors (Lipinski definition) is 1. The minimum atomic E-state index is -2.97. The molecule has 1 aliphatic heterocycles. The van der Waals surface area contributed by atoms with Gasteiger partial charge < -0.3 is 23.9 Å². The van der Waals surface area contributed by atoms with Gasteiger partial charge in [-0.05, 0) is 62.6 Å². The Hall–Kier alpha value is -3.82. The Morgan fingerprint density at radius 3 is 2.64 bits per heavy atom. The number of rotatable bonds is 11. The summed E-state index contributed by atoms with van der Waals surface area (Å²) < 4.78 is 41.9. The molecule has 42 heavy (non-hydrogen) atoms. The summed E-state index contributed by atoms with van der Waals surface area (Å²) in [6.45, 7) is 4.14. The third-order valence-corrected chi connectivity index (χ3v) is 7.74. The monoisotopic (exact) mass is 589 g/mol. The van der Waals surface area contributed by atoms with Gasteiger partial charge in [-0.2, -0.15) is 0 Å². The summed E-state index contributed by atoms with van der Waals surface area (Å²) in [5.74, 6) is 7.89. The molecule has 1 N–H and O–H groups in total. The summed E-state index contributed by atoms with van der Waals surface area (Å²) in [6.07, 6.45) is 9.34. The maximum Gasteiger partial charge on any atom is 0.167 e. The number of ether oxygens (including phenoxy) is 2. The van der Waals surface area contributed by atoms with Crippen LogP contribution in [-0.2, 0) is 32.4 Å². The van der Waals surface area contributed by atoms with Gasteiger partial charge in [0.05, 0.1) is 18.0 Å². The highest BCUT2D eigenvalue weighted by Gasteiger charge is 2.21. The lowest BCUT2D eigenvalue weighted by Crippen LogP contribution is -2.24. The van der Waals surface area contributed by atoms with E-state index in [2.05, 4.69) is 32.3 Å². The molecule has 0 spiro atoms.